The van der Waals surface area contributed by atoms with Crippen LogP contribution in [0.5, 0.6) is 0 Å². The molecule has 0 heterocycles. The molecule has 1 saturated carbocycles. The van der Waals surface area contributed by atoms with Gasteiger partial charge in [0.25, 0.3) is 0 Å². The third-order valence-corrected chi connectivity index (χ3v) is 5.86. The van der Waals surface area contributed by atoms with Crippen LogP contribution in [0.1, 0.15) is 60.3 Å². The van der Waals surface area contributed by atoms with E-state index in [2.05, 4.69) is 0 Å². The Balaban J connectivity index is 1.56. The minimum absolute atomic E-state index is 0.163. The minimum Gasteiger partial charge on any atom is -0.207 e. The first-order chi connectivity index (χ1) is 14.1. The number of aryl methyl sites for hydroxylation is 2. The van der Waals surface area contributed by atoms with Gasteiger partial charge in [0.2, 0.25) is 0 Å². The average Bonchev–Trinajstić information content (AvgIpc) is 2.65. The zero-order chi connectivity index (χ0) is 21.9. The third-order valence-electron chi connectivity index (χ3n) is 5.86. The third kappa shape index (κ3) is 5.89. The van der Waals surface area contributed by atoms with Crippen LogP contribution in [0.3, 0.4) is 0 Å². The molecule has 0 nitrogen and oxygen atoms in total. The van der Waals surface area contributed by atoms with Crippen LogP contribution in [0.25, 0.3) is 6.08 Å². The van der Waals surface area contributed by atoms with Crippen molar-refractivity contribution in [3.8, 4) is 0 Å². The van der Waals surface area contributed by atoms with Gasteiger partial charge >= 0.3 is 6.18 Å². The maximum absolute atomic E-state index is 14.2. The molecule has 1 aliphatic rings. The molecular formula is C24H24F6. The summed E-state index contributed by atoms with van der Waals surface area (Å²) in [5.41, 5.74) is 1.40. The second-order valence-corrected chi connectivity index (χ2v) is 8.13. The number of hydrogen-bond donors (Lipinski definition) is 0. The van der Waals surface area contributed by atoms with Crippen molar-refractivity contribution in [1.82, 2.24) is 0 Å². The number of rotatable bonds is 5. The monoisotopic (exact) mass is 426 g/mol. The lowest BCUT2D eigenvalue weighted by Gasteiger charge is -2.29. The van der Waals surface area contributed by atoms with E-state index in [1.807, 2.05) is 19.1 Å². The second kappa shape index (κ2) is 9.27. The predicted octanol–water partition coefficient (Wildman–Crippen LogP) is 7.89. The van der Waals surface area contributed by atoms with Gasteiger partial charge in [-0.15, -0.1) is 0 Å². The molecule has 0 radical (unpaired) electrons. The molecule has 3 rings (SSSR count). The van der Waals surface area contributed by atoms with Crippen molar-refractivity contribution in [2.24, 2.45) is 5.92 Å². The Hall–Kier alpha value is -2.24. The van der Waals surface area contributed by atoms with E-state index in [1.54, 1.807) is 6.07 Å². The molecule has 2 aromatic carbocycles. The molecule has 0 atom stereocenters. The summed E-state index contributed by atoms with van der Waals surface area (Å²) < 4.78 is 79.0. The number of allylic oxidation sites excluding steroid dienone is 1. The topological polar surface area (TPSA) is 0 Å². The number of benzene rings is 2. The van der Waals surface area contributed by atoms with Crippen LogP contribution in [-0.4, -0.2) is 6.18 Å². The molecule has 0 spiro atoms. The summed E-state index contributed by atoms with van der Waals surface area (Å²) in [5, 5.41) is 0. The van der Waals surface area contributed by atoms with E-state index in [0.717, 1.165) is 55.4 Å². The highest BCUT2D eigenvalue weighted by Gasteiger charge is 2.25. The standard InChI is InChI=1S/C24H24F6/c1-15-2-9-19(21(25)12-15)18-7-5-16(6-8-18)3-4-17-13-22(26)20(23(27)14-17)10-11-24(28,29)30/h2,9-14,16,18H,3-8H2,1H3/b11-10+. The highest BCUT2D eigenvalue weighted by Crippen LogP contribution is 2.38. The fourth-order valence-corrected chi connectivity index (χ4v) is 4.21. The number of hydrogen-bond acceptors (Lipinski definition) is 0. The molecule has 0 N–H and O–H groups in total. The summed E-state index contributed by atoms with van der Waals surface area (Å²) in [6, 6.07) is 7.54. The highest BCUT2D eigenvalue weighted by molar-refractivity contribution is 5.52. The van der Waals surface area contributed by atoms with Crippen molar-refractivity contribution in [3.05, 3.63) is 76.1 Å². The molecular weight excluding hydrogens is 402 g/mol. The molecule has 6 heteroatoms. The maximum Gasteiger partial charge on any atom is 0.409 e. The fraction of sp³-hybridized carbons (Fsp3) is 0.417. The summed E-state index contributed by atoms with van der Waals surface area (Å²) in [4.78, 5) is 0. The van der Waals surface area contributed by atoms with Crippen LogP contribution in [0.4, 0.5) is 26.3 Å². The van der Waals surface area contributed by atoms with Crippen LogP contribution in [0, 0.1) is 30.3 Å². The molecule has 0 aromatic heterocycles. The van der Waals surface area contributed by atoms with Gasteiger partial charge in [0, 0.05) is 11.6 Å². The SMILES string of the molecule is Cc1ccc(C2CCC(CCc3cc(F)c(/C=C/C(F)(F)F)c(F)c3)CC2)c(F)c1. The van der Waals surface area contributed by atoms with Gasteiger partial charge in [-0.1, -0.05) is 12.1 Å². The number of alkyl halides is 3. The molecule has 0 saturated heterocycles. The van der Waals surface area contributed by atoms with E-state index in [4.69, 9.17) is 0 Å². The molecule has 0 unspecified atom stereocenters. The fourth-order valence-electron chi connectivity index (χ4n) is 4.21. The van der Waals surface area contributed by atoms with Gasteiger partial charge in [-0.05, 0) is 98.2 Å². The summed E-state index contributed by atoms with van der Waals surface area (Å²) in [7, 11) is 0. The van der Waals surface area contributed by atoms with Crippen LogP contribution in [-0.2, 0) is 6.42 Å². The number of halogens is 6. The van der Waals surface area contributed by atoms with Gasteiger partial charge in [0.05, 0.1) is 0 Å². The van der Waals surface area contributed by atoms with Gasteiger partial charge < -0.3 is 0 Å². The minimum atomic E-state index is -4.63. The predicted molar refractivity (Wildman–Crippen MR) is 106 cm³/mol. The van der Waals surface area contributed by atoms with Gasteiger partial charge in [-0.25, -0.2) is 13.2 Å². The van der Waals surface area contributed by atoms with Crippen LogP contribution >= 0.6 is 0 Å². The van der Waals surface area contributed by atoms with Crippen molar-refractivity contribution >= 4 is 6.08 Å². The molecule has 1 fully saturated rings. The average molecular weight is 426 g/mol. The van der Waals surface area contributed by atoms with E-state index in [9.17, 15) is 26.3 Å². The quantitative estimate of drug-likeness (QED) is 0.426. The Kier molecular flexibility index (Phi) is 6.94. The van der Waals surface area contributed by atoms with Gasteiger partial charge in [0.1, 0.15) is 17.5 Å². The maximum atomic E-state index is 14.2. The van der Waals surface area contributed by atoms with E-state index < -0.39 is 23.4 Å². The Morgan fingerprint density at radius 1 is 0.900 bits per heavy atom. The highest BCUT2D eigenvalue weighted by atomic mass is 19.4. The summed E-state index contributed by atoms with van der Waals surface area (Å²) in [5.74, 6) is -1.58. The van der Waals surface area contributed by atoms with E-state index in [0.29, 0.717) is 24.0 Å². The molecule has 0 amide bonds. The lowest BCUT2D eigenvalue weighted by molar-refractivity contribution is -0.0790. The largest absolute Gasteiger partial charge is 0.409 e. The van der Waals surface area contributed by atoms with Gasteiger partial charge in [0.15, 0.2) is 0 Å². The first kappa shape index (κ1) is 22.4. The molecule has 1 aliphatic carbocycles. The van der Waals surface area contributed by atoms with Crippen LogP contribution in [0.2, 0.25) is 0 Å². The first-order valence-corrected chi connectivity index (χ1v) is 10.1. The zero-order valence-electron chi connectivity index (χ0n) is 16.7. The van der Waals surface area contributed by atoms with Crippen molar-refractivity contribution in [2.45, 2.75) is 57.5 Å². The summed E-state index contributed by atoms with van der Waals surface area (Å²) in [6.45, 7) is 1.86. The van der Waals surface area contributed by atoms with Crippen molar-refractivity contribution in [2.75, 3.05) is 0 Å². The van der Waals surface area contributed by atoms with Crippen molar-refractivity contribution in [1.29, 1.82) is 0 Å². The Labute approximate surface area is 172 Å². The van der Waals surface area contributed by atoms with Crippen molar-refractivity contribution in [3.63, 3.8) is 0 Å². The normalized spacial score (nSPS) is 20.1. The van der Waals surface area contributed by atoms with Crippen LogP contribution < -0.4 is 0 Å². The molecule has 30 heavy (non-hydrogen) atoms. The van der Waals surface area contributed by atoms with Gasteiger partial charge in [-0.3, -0.25) is 0 Å². The molecule has 0 bridgehead atoms. The molecule has 2 aromatic rings. The zero-order valence-corrected chi connectivity index (χ0v) is 16.7. The first-order valence-electron chi connectivity index (χ1n) is 10.1. The summed E-state index contributed by atoms with van der Waals surface area (Å²) in [6.07, 6.45) is 0.361. The smallest absolute Gasteiger partial charge is 0.207 e. The van der Waals surface area contributed by atoms with E-state index in [1.165, 1.54) is 0 Å². The van der Waals surface area contributed by atoms with Crippen LogP contribution in [0.15, 0.2) is 36.4 Å². The Morgan fingerprint density at radius 3 is 2.10 bits per heavy atom. The summed E-state index contributed by atoms with van der Waals surface area (Å²) >= 11 is 0. The van der Waals surface area contributed by atoms with E-state index in [-0.39, 0.29) is 17.8 Å². The van der Waals surface area contributed by atoms with Gasteiger partial charge in [-0.2, -0.15) is 13.2 Å². The lowest BCUT2D eigenvalue weighted by Crippen LogP contribution is -2.15. The second-order valence-electron chi connectivity index (χ2n) is 8.13. The lowest BCUT2D eigenvalue weighted by atomic mass is 9.76. The van der Waals surface area contributed by atoms with Crippen molar-refractivity contribution < 1.29 is 26.3 Å². The molecule has 0 aliphatic heterocycles. The Morgan fingerprint density at radius 2 is 1.53 bits per heavy atom. The van der Waals surface area contributed by atoms with E-state index >= 15 is 0 Å². The molecule has 162 valence electrons. The Bertz CT molecular complexity index is 881.